The van der Waals surface area contributed by atoms with E-state index in [9.17, 15) is 4.79 Å². The van der Waals surface area contributed by atoms with Crippen LogP contribution in [-0.4, -0.2) is 11.0 Å². The van der Waals surface area contributed by atoms with E-state index in [1.807, 2.05) is 62.4 Å². The maximum Gasteiger partial charge on any atom is 0.323 e. The number of halogens is 1. The smallest absolute Gasteiger partial charge is 0.307 e. The Balaban J connectivity index is 1.53. The average molecular weight is 408 g/mol. The Hall–Kier alpha value is -2.89. The Bertz CT molecular complexity index is 1150. The first-order chi connectivity index (χ1) is 13.5. The summed E-state index contributed by atoms with van der Waals surface area (Å²) in [6.07, 6.45) is 0. The maximum absolute atomic E-state index is 12.4. The molecular weight excluding hydrogens is 390 g/mol. The Morgan fingerprint density at radius 1 is 0.964 bits per heavy atom. The third-order valence-corrected chi connectivity index (χ3v) is 6.03. The van der Waals surface area contributed by atoms with Gasteiger partial charge in [0.15, 0.2) is 0 Å². The fraction of sp³-hybridized carbons (Fsp3) is 0.0909. The van der Waals surface area contributed by atoms with Crippen LogP contribution >= 0.6 is 22.9 Å². The summed E-state index contributed by atoms with van der Waals surface area (Å²) in [5.74, 6) is 0. The van der Waals surface area contributed by atoms with Gasteiger partial charge in [0.05, 0.1) is 10.2 Å². The van der Waals surface area contributed by atoms with Crippen molar-refractivity contribution in [3.8, 4) is 10.6 Å². The molecule has 2 amide bonds. The highest BCUT2D eigenvalue weighted by atomic mass is 35.5. The monoisotopic (exact) mass is 407 g/mol. The summed E-state index contributed by atoms with van der Waals surface area (Å²) in [5.41, 5.74) is 5.28. The van der Waals surface area contributed by atoms with Gasteiger partial charge in [-0.3, -0.25) is 0 Å². The van der Waals surface area contributed by atoms with Crippen LogP contribution in [0.5, 0.6) is 0 Å². The highest BCUT2D eigenvalue weighted by molar-refractivity contribution is 7.21. The van der Waals surface area contributed by atoms with E-state index in [0.717, 1.165) is 37.6 Å². The lowest BCUT2D eigenvalue weighted by atomic mass is 10.1. The number of carbonyl (C=O) groups excluding carboxylic acids is 1. The Morgan fingerprint density at radius 2 is 1.75 bits per heavy atom. The number of aromatic nitrogens is 1. The van der Waals surface area contributed by atoms with Gasteiger partial charge in [-0.25, -0.2) is 9.78 Å². The van der Waals surface area contributed by atoms with Crippen molar-refractivity contribution in [2.75, 3.05) is 10.6 Å². The lowest BCUT2D eigenvalue weighted by Gasteiger charge is -2.12. The molecule has 0 aliphatic heterocycles. The minimum atomic E-state index is -0.304. The number of para-hydroxylation sites is 1. The summed E-state index contributed by atoms with van der Waals surface area (Å²) in [7, 11) is 0. The summed E-state index contributed by atoms with van der Waals surface area (Å²) >= 11 is 7.77. The summed E-state index contributed by atoms with van der Waals surface area (Å²) in [4.78, 5) is 17.1. The fourth-order valence-corrected chi connectivity index (χ4v) is 4.09. The fourth-order valence-electron chi connectivity index (χ4n) is 2.95. The van der Waals surface area contributed by atoms with E-state index in [4.69, 9.17) is 16.6 Å². The number of benzene rings is 3. The Kier molecular flexibility index (Phi) is 5.03. The highest BCUT2D eigenvalue weighted by Gasteiger charge is 2.11. The van der Waals surface area contributed by atoms with Crippen molar-refractivity contribution in [3.05, 3.63) is 76.8 Å². The number of carbonyl (C=O) groups is 1. The van der Waals surface area contributed by atoms with Crippen molar-refractivity contribution in [2.45, 2.75) is 13.8 Å². The number of anilines is 2. The predicted molar refractivity (Wildman–Crippen MR) is 119 cm³/mol. The molecule has 0 aliphatic rings. The number of aryl methyl sites for hydroxylation is 1. The van der Waals surface area contributed by atoms with Gasteiger partial charge in [-0.2, -0.15) is 0 Å². The van der Waals surface area contributed by atoms with Crippen LogP contribution in [0.2, 0.25) is 5.02 Å². The van der Waals surface area contributed by atoms with Crippen molar-refractivity contribution in [3.63, 3.8) is 0 Å². The number of nitrogens with zero attached hydrogens (tertiary/aromatic N) is 1. The van der Waals surface area contributed by atoms with E-state index in [-0.39, 0.29) is 6.03 Å². The molecule has 0 saturated carbocycles. The molecule has 0 spiro atoms. The number of hydrogen-bond acceptors (Lipinski definition) is 3. The third kappa shape index (κ3) is 3.72. The van der Waals surface area contributed by atoms with Crippen LogP contribution in [0.15, 0.2) is 60.7 Å². The largest absolute Gasteiger partial charge is 0.323 e. The quantitative estimate of drug-likeness (QED) is 0.389. The molecule has 0 bridgehead atoms. The highest BCUT2D eigenvalue weighted by Crippen LogP contribution is 2.32. The van der Waals surface area contributed by atoms with E-state index >= 15 is 0 Å². The lowest BCUT2D eigenvalue weighted by Crippen LogP contribution is -2.20. The zero-order valence-corrected chi connectivity index (χ0v) is 17.0. The minimum Gasteiger partial charge on any atom is -0.307 e. The van der Waals surface area contributed by atoms with E-state index in [0.29, 0.717) is 10.7 Å². The van der Waals surface area contributed by atoms with Crippen LogP contribution in [0.25, 0.3) is 20.8 Å². The van der Waals surface area contributed by atoms with Crippen LogP contribution in [0.3, 0.4) is 0 Å². The molecule has 1 heterocycles. The van der Waals surface area contributed by atoms with E-state index < -0.39 is 0 Å². The Labute approximate surface area is 172 Å². The van der Waals surface area contributed by atoms with Crippen molar-refractivity contribution >= 4 is 50.6 Å². The molecule has 4 aromatic rings. The molecule has 4 nitrogen and oxygen atoms in total. The number of rotatable bonds is 3. The normalized spacial score (nSPS) is 10.8. The summed E-state index contributed by atoms with van der Waals surface area (Å²) in [5, 5.41) is 7.33. The summed E-state index contributed by atoms with van der Waals surface area (Å²) < 4.78 is 1.16. The van der Waals surface area contributed by atoms with Crippen molar-refractivity contribution < 1.29 is 4.79 Å². The number of nitrogens with one attached hydrogen (secondary N) is 2. The lowest BCUT2D eigenvalue weighted by molar-refractivity contribution is 0.262. The van der Waals surface area contributed by atoms with Gasteiger partial charge in [-0.05, 0) is 67.4 Å². The molecule has 0 aliphatic carbocycles. The van der Waals surface area contributed by atoms with E-state index in [1.165, 1.54) is 0 Å². The van der Waals surface area contributed by atoms with Crippen LogP contribution in [0, 0.1) is 13.8 Å². The Morgan fingerprint density at radius 3 is 2.54 bits per heavy atom. The van der Waals surface area contributed by atoms with Crippen molar-refractivity contribution in [1.29, 1.82) is 0 Å². The molecule has 140 valence electrons. The molecule has 28 heavy (non-hydrogen) atoms. The molecule has 0 saturated heterocycles. The molecule has 1 aromatic heterocycles. The van der Waals surface area contributed by atoms with E-state index in [2.05, 4.69) is 16.7 Å². The van der Waals surface area contributed by atoms with Crippen LogP contribution < -0.4 is 10.6 Å². The van der Waals surface area contributed by atoms with Crippen molar-refractivity contribution in [2.24, 2.45) is 0 Å². The summed E-state index contributed by atoms with van der Waals surface area (Å²) in [6, 6.07) is 19.1. The molecule has 3 aromatic carbocycles. The standard InChI is InChI=1S/C22H18ClN3OS/c1-13-12-15(21-24-19-7-3-4-9-20(19)28-21)10-11-17(13)25-22(27)26-18-8-5-6-16(23)14(18)2/h3-12H,1-2H3,(H2,25,26,27). The second kappa shape index (κ2) is 7.62. The first kappa shape index (κ1) is 18.5. The van der Waals surface area contributed by atoms with Gasteiger partial charge in [0.25, 0.3) is 0 Å². The predicted octanol–water partition coefficient (Wildman–Crippen LogP) is 6.88. The third-order valence-electron chi connectivity index (χ3n) is 4.53. The van der Waals surface area contributed by atoms with Gasteiger partial charge < -0.3 is 10.6 Å². The van der Waals surface area contributed by atoms with Crippen LogP contribution in [0.1, 0.15) is 11.1 Å². The molecule has 0 unspecified atom stereocenters. The number of amides is 2. The maximum atomic E-state index is 12.4. The zero-order valence-electron chi connectivity index (χ0n) is 15.4. The van der Waals surface area contributed by atoms with Gasteiger partial charge >= 0.3 is 6.03 Å². The SMILES string of the molecule is Cc1cc(-c2nc3ccccc3s2)ccc1NC(=O)Nc1cccc(Cl)c1C. The van der Waals surface area contributed by atoms with Crippen LogP contribution in [0.4, 0.5) is 16.2 Å². The van der Waals surface area contributed by atoms with Gasteiger partial charge in [-0.15, -0.1) is 11.3 Å². The number of hydrogen-bond donors (Lipinski definition) is 2. The number of urea groups is 1. The van der Waals surface area contributed by atoms with Gasteiger partial charge in [0.1, 0.15) is 5.01 Å². The summed E-state index contributed by atoms with van der Waals surface area (Å²) in [6.45, 7) is 3.84. The molecule has 0 fully saturated rings. The van der Waals surface area contributed by atoms with Crippen molar-refractivity contribution in [1.82, 2.24) is 4.98 Å². The molecule has 2 N–H and O–H groups in total. The second-order valence-corrected chi connectivity index (χ2v) is 7.95. The molecule has 0 radical (unpaired) electrons. The molecule has 4 rings (SSSR count). The van der Waals surface area contributed by atoms with E-state index in [1.54, 1.807) is 17.4 Å². The molecule has 6 heteroatoms. The molecule has 0 atom stereocenters. The zero-order chi connectivity index (χ0) is 19.7. The number of fused-ring (bicyclic) bond motifs is 1. The first-order valence-electron chi connectivity index (χ1n) is 8.81. The second-order valence-electron chi connectivity index (χ2n) is 6.51. The van der Waals surface area contributed by atoms with Gasteiger partial charge in [-0.1, -0.05) is 29.8 Å². The minimum absolute atomic E-state index is 0.304. The topological polar surface area (TPSA) is 54.0 Å². The van der Waals surface area contributed by atoms with Gasteiger partial charge in [0, 0.05) is 22.0 Å². The van der Waals surface area contributed by atoms with Gasteiger partial charge in [0.2, 0.25) is 0 Å². The molecular formula is C22H18ClN3OS. The number of thiazole rings is 1. The first-order valence-corrected chi connectivity index (χ1v) is 10.0. The average Bonchev–Trinajstić information content (AvgIpc) is 3.11. The van der Waals surface area contributed by atoms with Crippen LogP contribution in [-0.2, 0) is 0 Å².